The summed E-state index contributed by atoms with van der Waals surface area (Å²) < 4.78 is 43.1. The number of rotatable bonds is 5. The van der Waals surface area contributed by atoms with Gasteiger partial charge in [0.05, 0.1) is 10.6 Å². The number of alkyl halides is 3. The molecule has 0 aliphatic heterocycles. The van der Waals surface area contributed by atoms with Crippen molar-refractivity contribution in [2.24, 2.45) is 0 Å². The van der Waals surface area contributed by atoms with Crippen molar-refractivity contribution in [2.45, 2.75) is 6.18 Å². The summed E-state index contributed by atoms with van der Waals surface area (Å²) in [6.45, 7) is -0.871. The first-order chi connectivity index (χ1) is 11.2. The Morgan fingerprint density at radius 3 is 2.48 bits per heavy atom. The predicted octanol–water partition coefficient (Wildman–Crippen LogP) is 1.73. The van der Waals surface area contributed by atoms with E-state index in [0.29, 0.717) is 0 Å². The van der Waals surface area contributed by atoms with E-state index in [1.807, 2.05) is 0 Å². The monoisotopic (exact) mass is 399 g/mol. The van der Waals surface area contributed by atoms with Gasteiger partial charge in [0.15, 0.2) is 0 Å². The maximum absolute atomic E-state index is 12.6. The molecule has 10 heteroatoms. The number of benzene rings is 2. The molecule has 0 N–H and O–H groups in total. The number of nitro groups is 1. The van der Waals surface area contributed by atoms with Gasteiger partial charge in [0.1, 0.15) is 11.5 Å². The summed E-state index contributed by atoms with van der Waals surface area (Å²) in [5.41, 5.74) is -0.873. The van der Waals surface area contributed by atoms with Gasteiger partial charge in [0.2, 0.25) is 5.78 Å². The summed E-state index contributed by atoms with van der Waals surface area (Å²) in [7, 11) is 0. The van der Waals surface area contributed by atoms with Gasteiger partial charge in [0.25, 0.3) is 6.54 Å². The van der Waals surface area contributed by atoms with Gasteiger partial charge in [-0.2, -0.15) is 13.2 Å². The number of nitrogens with zero attached hydrogens (tertiary/aromatic N) is 1. The van der Waals surface area contributed by atoms with Crippen molar-refractivity contribution in [3.63, 3.8) is 0 Å². The summed E-state index contributed by atoms with van der Waals surface area (Å²) in [5.74, 6) is -0.640. The van der Waals surface area contributed by atoms with E-state index in [0.717, 1.165) is 18.2 Å². The molecule has 25 heavy (non-hydrogen) atoms. The minimum absolute atomic E-state index is 0. The van der Waals surface area contributed by atoms with E-state index in [1.54, 1.807) is 0 Å². The molecular formula is C15H10ClF3KNO4. The van der Waals surface area contributed by atoms with Crippen LogP contribution in [0.3, 0.4) is 0 Å². The van der Waals surface area contributed by atoms with Crippen molar-refractivity contribution >= 4 is 17.4 Å². The van der Waals surface area contributed by atoms with Crippen molar-refractivity contribution in [3.05, 3.63) is 68.7 Å². The van der Waals surface area contributed by atoms with Crippen molar-refractivity contribution in [1.29, 1.82) is 0 Å². The third-order valence-corrected chi connectivity index (χ3v) is 3.21. The number of hydrogen-bond acceptors (Lipinski definition) is 4. The number of ether oxygens (including phenoxy) is 1. The largest absolute Gasteiger partial charge is 1.00 e. The van der Waals surface area contributed by atoms with Crippen molar-refractivity contribution in [3.8, 4) is 11.5 Å². The second kappa shape index (κ2) is 9.11. The second-order valence-electron chi connectivity index (χ2n) is 4.69. The average molecular weight is 400 g/mol. The molecule has 0 radical (unpaired) electrons. The first-order valence-electron chi connectivity index (χ1n) is 6.46. The van der Waals surface area contributed by atoms with E-state index in [9.17, 15) is 28.1 Å². The van der Waals surface area contributed by atoms with Crippen molar-refractivity contribution in [2.75, 3.05) is 6.54 Å². The Bertz CT molecular complexity index is 805. The molecule has 2 rings (SSSR count). The van der Waals surface area contributed by atoms with Gasteiger partial charge >= 0.3 is 57.6 Å². The zero-order valence-electron chi connectivity index (χ0n) is 13.8. The number of carbonyl (C=O) groups is 1. The Labute approximate surface area is 189 Å². The fraction of sp³-hybridized carbons (Fsp3) is 0.133. The van der Waals surface area contributed by atoms with Crippen LogP contribution in [0, 0.1) is 10.1 Å². The van der Waals surface area contributed by atoms with E-state index in [2.05, 4.69) is 0 Å². The molecule has 128 valence electrons. The quantitative estimate of drug-likeness (QED) is 0.332. The molecule has 5 nitrogen and oxygen atoms in total. The average Bonchev–Trinajstić information content (AvgIpc) is 2.48. The normalized spacial score (nSPS) is 10.7. The second-order valence-corrected chi connectivity index (χ2v) is 5.09. The number of carbonyl (C=O) groups excluding carboxylic acids is 1. The van der Waals surface area contributed by atoms with Crippen LogP contribution in [0.5, 0.6) is 11.5 Å². The van der Waals surface area contributed by atoms with Gasteiger partial charge < -0.3 is 6.16 Å². The van der Waals surface area contributed by atoms with E-state index in [-0.39, 0.29) is 74.9 Å². The van der Waals surface area contributed by atoms with Gasteiger partial charge in [-0.15, -0.1) is 0 Å². The standard InChI is InChI=1S/C15H9ClF3NO4.K.H/c16-12-7-10(15(17,18)19)4-5-14(12)24-11-3-1-2-9(6-11)13(21)8-20(22)23;;/h1-7H,8H2;;/q;+1;-1. The molecule has 0 spiro atoms. The van der Waals surface area contributed by atoms with Crippen molar-refractivity contribution in [1.82, 2.24) is 0 Å². The molecule has 0 aliphatic carbocycles. The maximum atomic E-state index is 12.6. The van der Waals surface area contributed by atoms with Crippen LogP contribution < -0.4 is 56.1 Å². The Hall–Kier alpha value is -0.974. The topological polar surface area (TPSA) is 69.4 Å². The van der Waals surface area contributed by atoms with Gasteiger partial charge in [-0.3, -0.25) is 14.9 Å². The third-order valence-electron chi connectivity index (χ3n) is 2.92. The summed E-state index contributed by atoms with van der Waals surface area (Å²) >= 11 is 5.78. The molecule has 0 saturated heterocycles. The fourth-order valence-electron chi connectivity index (χ4n) is 1.83. The van der Waals surface area contributed by atoms with E-state index >= 15 is 0 Å². The molecule has 2 aromatic rings. The maximum Gasteiger partial charge on any atom is 1.00 e. The third kappa shape index (κ3) is 6.35. The summed E-state index contributed by atoms with van der Waals surface area (Å²) in [5, 5.41) is 10.1. The van der Waals surface area contributed by atoms with Crippen LogP contribution >= 0.6 is 11.6 Å². The smallest absolute Gasteiger partial charge is 1.00 e. The van der Waals surface area contributed by atoms with Crippen LogP contribution in [-0.4, -0.2) is 17.3 Å². The molecule has 0 bridgehead atoms. The van der Waals surface area contributed by atoms with Crippen LogP contribution in [0.1, 0.15) is 17.3 Å². The van der Waals surface area contributed by atoms with Crippen LogP contribution in [0.15, 0.2) is 42.5 Å². The Morgan fingerprint density at radius 1 is 1.24 bits per heavy atom. The van der Waals surface area contributed by atoms with Crippen molar-refractivity contribution < 1.29 is 80.4 Å². The predicted molar refractivity (Wildman–Crippen MR) is 80.3 cm³/mol. The van der Waals surface area contributed by atoms with Crippen LogP contribution in [0.25, 0.3) is 0 Å². The fourth-order valence-corrected chi connectivity index (χ4v) is 2.05. The summed E-state index contributed by atoms with van der Waals surface area (Å²) in [4.78, 5) is 21.2. The zero-order chi connectivity index (χ0) is 17.9. The zero-order valence-corrected chi connectivity index (χ0v) is 16.7. The molecule has 0 atom stereocenters. The van der Waals surface area contributed by atoms with Gasteiger partial charge in [-0.05, 0) is 30.3 Å². The molecular weight excluding hydrogens is 390 g/mol. The Kier molecular flexibility index (Phi) is 8.04. The molecule has 0 aromatic heterocycles. The number of Topliss-reactive ketones (excluding diaryl/α,β-unsaturated/α-hetero) is 1. The number of halogens is 4. The van der Waals surface area contributed by atoms with Crippen LogP contribution in [0.4, 0.5) is 13.2 Å². The molecule has 0 heterocycles. The van der Waals surface area contributed by atoms with Crippen LogP contribution in [-0.2, 0) is 6.18 Å². The molecule has 0 aliphatic rings. The van der Waals surface area contributed by atoms with E-state index < -0.39 is 29.0 Å². The Morgan fingerprint density at radius 2 is 1.92 bits per heavy atom. The van der Waals surface area contributed by atoms with Gasteiger partial charge in [-0.1, -0.05) is 23.7 Å². The minimum atomic E-state index is -4.53. The van der Waals surface area contributed by atoms with E-state index in [1.165, 1.54) is 24.3 Å². The summed E-state index contributed by atoms with van der Waals surface area (Å²) in [6, 6.07) is 8.07. The SMILES string of the molecule is O=C(C[N+](=O)[O-])c1cccc(Oc2ccc(C(F)(F)F)cc2Cl)c1.[H-].[K+]. The first kappa shape index (κ1) is 22.1. The summed E-state index contributed by atoms with van der Waals surface area (Å²) in [6.07, 6.45) is -4.53. The van der Waals surface area contributed by atoms with Gasteiger partial charge in [0, 0.05) is 10.5 Å². The first-order valence-corrected chi connectivity index (χ1v) is 6.84. The molecule has 2 aromatic carbocycles. The molecule has 0 amide bonds. The molecule has 0 fully saturated rings. The minimum Gasteiger partial charge on any atom is -1.00 e. The molecule has 0 unspecified atom stereocenters. The number of hydrogen-bond donors (Lipinski definition) is 0. The van der Waals surface area contributed by atoms with Crippen LogP contribution in [0.2, 0.25) is 5.02 Å². The van der Waals surface area contributed by atoms with E-state index in [4.69, 9.17) is 16.3 Å². The molecule has 0 saturated carbocycles. The number of ketones is 1. The Balaban J connectivity index is 0.00000312. The van der Waals surface area contributed by atoms with Gasteiger partial charge in [-0.25, -0.2) is 0 Å².